The second-order valence-corrected chi connectivity index (χ2v) is 9.60. The Bertz CT molecular complexity index is 866. The number of nitrogens with one attached hydrogen (secondary N) is 1. The molecule has 0 aliphatic rings. The van der Waals surface area contributed by atoms with Gasteiger partial charge in [-0.3, -0.25) is 0 Å². The molecule has 0 spiro atoms. The lowest BCUT2D eigenvalue weighted by Gasteiger charge is -2.29. The van der Waals surface area contributed by atoms with Crippen LogP contribution in [-0.2, 0) is 0 Å². The maximum Gasteiger partial charge on any atom is 0.273 e. The third kappa shape index (κ3) is 3.05. The van der Waals surface area contributed by atoms with Crippen molar-refractivity contribution in [1.29, 1.82) is 0 Å². The average molecular weight is 353 g/mol. The molecule has 3 heteroatoms. The van der Waals surface area contributed by atoms with Crippen LogP contribution >= 0.6 is 0 Å². The van der Waals surface area contributed by atoms with Crippen molar-refractivity contribution in [2.75, 3.05) is 0 Å². The van der Waals surface area contributed by atoms with E-state index in [0.717, 1.165) is 5.69 Å². The fourth-order valence-corrected chi connectivity index (χ4v) is 7.16. The minimum atomic E-state index is -2.53. The third-order valence-electron chi connectivity index (χ3n) is 4.59. The Morgan fingerprint density at radius 3 is 1.42 bits per heavy atom. The van der Waals surface area contributed by atoms with E-state index in [1.165, 1.54) is 15.6 Å². The van der Waals surface area contributed by atoms with Gasteiger partial charge in [0.25, 0.3) is 8.24 Å². The molecule has 126 valence electrons. The van der Waals surface area contributed by atoms with Gasteiger partial charge in [0.2, 0.25) is 0 Å². The number of nitrogens with zero attached hydrogens (tertiary/aromatic N) is 1. The molecule has 4 rings (SSSR count). The molecular formula is C23H20N2Si. The molecule has 1 heterocycles. The maximum atomic E-state index is 5.29. The Hall–Kier alpha value is -3.17. The molecule has 0 atom stereocenters. The van der Waals surface area contributed by atoms with E-state index in [2.05, 4.69) is 96.0 Å². The number of rotatable bonds is 5. The smallest absolute Gasteiger partial charge is 0.273 e. The van der Waals surface area contributed by atoms with E-state index in [1.807, 2.05) is 24.5 Å². The van der Waals surface area contributed by atoms with Gasteiger partial charge in [-0.15, -0.1) is 0 Å². The van der Waals surface area contributed by atoms with Gasteiger partial charge in [0.05, 0.1) is 5.69 Å². The van der Waals surface area contributed by atoms with Crippen molar-refractivity contribution in [2.24, 2.45) is 4.66 Å². The van der Waals surface area contributed by atoms with Crippen molar-refractivity contribution in [3.05, 3.63) is 115 Å². The average Bonchev–Trinajstić information content (AvgIpc) is 3.25. The molecule has 1 aromatic heterocycles. The summed E-state index contributed by atoms with van der Waals surface area (Å²) in [4.78, 5) is 3.24. The highest BCUT2D eigenvalue weighted by molar-refractivity contribution is 7.10. The van der Waals surface area contributed by atoms with Gasteiger partial charge in [0, 0.05) is 12.4 Å². The lowest BCUT2D eigenvalue weighted by Crippen LogP contribution is -2.66. The van der Waals surface area contributed by atoms with Crippen LogP contribution in [0.25, 0.3) is 0 Å². The number of benzene rings is 3. The summed E-state index contributed by atoms with van der Waals surface area (Å²) in [5.74, 6) is 0. The largest absolute Gasteiger partial charge is 0.360 e. The molecule has 0 amide bonds. The Kier molecular flexibility index (Phi) is 4.63. The monoisotopic (exact) mass is 352 g/mol. The van der Waals surface area contributed by atoms with Crippen LogP contribution in [0.3, 0.4) is 0 Å². The molecule has 1 N–H and O–H groups in total. The van der Waals surface area contributed by atoms with Crippen molar-refractivity contribution in [1.82, 2.24) is 4.98 Å². The van der Waals surface area contributed by atoms with Crippen LogP contribution in [0.15, 0.2) is 114 Å². The first-order chi connectivity index (χ1) is 12.9. The van der Waals surface area contributed by atoms with Crippen LogP contribution in [0.2, 0.25) is 0 Å². The SMILES string of the molecule is C(=N[Si](c1ccccc1)(c1ccccc1)c1ccccc1)c1ccc[nH]1. The van der Waals surface area contributed by atoms with E-state index < -0.39 is 8.24 Å². The van der Waals surface area contributed by atoms with Crippen LogP contribution in [0, 0.1) is 0 Å². The van der Waals surface area contributed by atoms with Crippen LogP contribution in [0.5, 0.6) is 0 Å². The van der Waals surface area contributed by atoms with Crippen molar-refractivity contribution >= 4 is 30.0 Å². The molecule has 2 nitrogen and oxygen atoms in total. The van der Waals surface area contributed by atoms with Gasteiger partial charge in [0.1, 0.15) is 0 Å². The van der Waals surface area contributed by atoms with Gasteiger partial charge in [-0.25, -0.2) is 0 Å². The van der Waals surface area contributed by atoms with E-state index in [4.69, 9.17) is 4.66 Å². The Morgan fingerprint density at radius 1 is 0.577 bits per heavy atom. The first kappa shape index (κ1) is 16.3. The Labute approximate surface area is 155 Å². The van der Waals surface area contributed by atoms with Crippen molar-refractivity contribution < 1.29 is 0 Å². The van der Waals surface area contributed by atoms with E-state index in [9.17, 15) is 0 Å². The minimum Gasteiger partial charge on any atom is -0.360 e. The van der Waals surface area contributed by atoms with E-state index >= 15 is 0 Å². The molecule has 0 saturated carbocycles. The number of aromatic amines is 1. The van der Waals surface area contributed by atoms with Crippen LogP contribution in [0.4, 0.5) is 0 Å². The number of H-pyrrole nitrogens is 1. The van der Waals surface area contributed by atoms with Gasteiger partial charge in [-0.2, -0.15) is 0 Å². The first-order valence-corrected chi connectivity index (χ1v) is 10.7. The summed E-state index contributed by atoms with van der Waals surface area (Å²) in [5.41, 5.74) is 1.02. The van der Waals surface area contributed by atoms with Crippen LogP contribution < -0.4 is 15.6 Å². The number of aromatic nitrogens is 1. The van der Waals surface area contributed by atoms with Gasteiger partial charge in [-0.05, 0) is 27.7 Å². The molecule has 0 fully saturated rings. The van der Waals surface area contributed by atoms with Crippen LogP contribution in [0.1, 0.15) is 5.69 Å². The fraction of sp³-hybridized carbons (Fsp3) is 0. The molecule has 4 aromatic rings. The summed E-state index contributed by atoms with van der Waals surface area (Å²) in [6, 6.07) is 36.1. The molecule has 0 radical (unpaired) electrons. The summed E-state index contributed by atoms with van der Waals surface area (Å²) in [6.07, 6.45) is 3.91. The molecule has 0 unspecified atom stereocenters. The number of hydrogen-bond acceptors (Lipinski definition) is 1. The van der Waals surface area contributed by atoms with Crippen LogP contribution in [-0.4, -0.2) is 19.4 Å². The van der Waals surface area contributed by atoms with Crippen molar-refractivity contribution in [3.63, 3.8) is 0 Å². The summed E-state index contributed by atoms with van der Waals surface area (Å²) >= 11 is 0. The predicted octanol–water partition coefficient (Wildman–Crippen LogP) is 3.10. The Morgan fingerprint density at radius 2 is 1.04 bits per heavy atom. The van der Waals surface area contributed by atoms with Gasteiger partial charge >= 0.3 is 0 Å². The molecule has 26 heavy (non-hydrogen) atoms. The van der Waals surface area contributed by atoms with Crippen molar-refractivity contribution in [2.45, 2.75) is 0 Å². The highest BCUT2D eigenvalue weighted by atomic mass is 28.3. The van der Waals surface area contributed by atoms with Crippen molar-refractivity contribution in [3.8, 4) is 0 Å². The Balaban J connectivity index is 2.00. The molecular weight excluding hydrogens is 332 g/mol. The quantitative estimate of drug-likeness (QED) is 0.325. The highest BCUT2D eigenvalue weighted by Gasteiger charge is 2.39. The van der Waals surface area contributed by atoms with Gasteiger partial charge < -0.3 is 9.64 Å². The molecule has 0 saturated heterocycles. The van der Waals surface area contributed by atoms with Gasteiger partial charge in [0.15, 0.2) is 0 Å². The topological polar surface area (TPSA) is 28.1 Å². The normalized spacial score (nSPS) is 11.7. The first-order valence-electron chi connectivity index (χ1n) is 8.75. The zero-order valence-corrected chi connectivity index (χ0v) is 15.4. The van der Waals surface area contributed by atoms with E-state index in [-0.39, 0.29) is 0 Å². The maximum absolute atomic E-state index is 5.29. The summed E-state index contributed by atoms with van der Waals surface area (Å²) in [7, 11) is -2.53. The molecule has 0 aliphatic carbocycles. The molecule has 3 aromatic carbocycles. The fourth-order valence-electron chi connectivity index (χ4n) is 3.35. The standard InChI is InChI=1S/C23H20N2Si/c1-4-12-21(13-5-1)26(22-14-6-2-7-15-22,23-16-8-3-9-17-23)25-19-20-11-10-18-24-20/h1-19,24H. The second kappa shape index (κ2) is 7.38. The molecule has 0 aliphatic heterocycles. The minimum absolute atomic E-state index is 1.02. The predicted molar refractivity (Wildman–Crippen MR) is 112 cm³/mol. The zero-order valence-electron chi connectivity index (χ0n) is 14.4. The lowest BCUT2D eigenvalue weighted by molar-refractivity contribution is 1.38. The van der Waals surface area contributed by atoms with E-state index in [1.54, 1.807) is 0 Å². The highest BCUT2D eigenvalue weighted by Crippen LogP contribution is 2.10. The van der Waals surface area contributed by atoms with Gasteiger partial charge in [-0.1, -0.05) is 91.0 Å². The lowest BCUT2D eigenvalue weighted by atomic mass is 10.3. The summed E-state index contributed by atoms with van der Waals surface area (Å²) in [5, 5.41) is 3.83. The molecule has 0 bridgehead atoms. The second-order valence-electron chi connectivity index (χ2n) is 6.19. The summed E-state index contributed by atoms with van der Waals surface area (Å²) in [6.45, 7) is 0. The zero-order chi connectivity index (χ0) is 17.7. The van der Waals surface area contributed by atoms with E-state index in [0.29, 0.717) is 0 Å². The number of hydrogen-bond donors (Lipinski definition) is 1. The summed E-state index contributed by atoms with van der Waals surface area (Å²) < 4.78 is 5.29. The third-order valence-corrected chi connectivity index (χ3v) is 8.62.